The van der Waals surface area contributed by atoms with Gasteiger partial charge in [0.2, 0.25) is 0 Å². The molecule has 0 aliphatic heterocycles. The van der Waals surface area contributed by atoms with Crippen molar-refractivity contribution >= 4 is 54.7 Å². The first kappa shape index (κ1) is 38.5. The van der Waals surface area contributed by atoms with E-state index in [0.29, 0.717) is 11.8 Å². The maximum Gasteiger partial charge on any atom is 0.0164 e. The van der Waals surface area contributed by atoms with Gasteiger partial charge in [0.05, 0.1) is 0 Å². The number of aryl methyl sites for hydroxylation is 1. The minimum Gasteiger partial charge on any atom is -0.0988 e. The molecule has 0 saturated heterocycles. The van der Waals surface area contributed by atoms with E-state index in [1.807, 2.05) is 0 Å². The second kappa shape index (κ2) is 13.4. The Morgan fingerprint density at radius 2 is 1.21 bits per heavy atom. The molecule has 66 heavy (non-hydrogen) atoms. The Hall–Kier alpha value is -6.76. The quantitative estimate of drug-likeness (QED) is 0.155. The van der Waals surface area contributed by atoms with Gasteiger partial charge < -0.3 is 0 Å². The van der Waals surface area contributed by atoms with E-state index in [-0.39, 0.29) is 10.8 Å². The van der Waals surface area contributed by atoms with E-state index in [0.717, 1.165) is 32.1 Å². The summed E-state index contributed by atoms with van der Waals surface area (Å²) in [5.74, 6) is 0.736. The first-order chi connectivity index (χ1) is 32.2. The second-order valence-electron chi connectivity index (χ2n) is 21.2. The molecule has 8 aromatic rings. The molecule has 0 N–H and O–H groups in total. The van der Waals surface area contributed by atoms with Gasteiger partial charge in [-0.25, -0.2) is 0 Å². The lowest BCUT2D eigenvalue weighted by Crippen LogP contribution is -2.30. The third-order valence-corrected chi connectivity index (χ3v) is 17.3. The molecular formula is C66H54. The van der Waals surface area contributed by atoms with E-state index in [2.05, 4.69) is 193 Å². The van der Waals surface area contributed by atoms with Crippen molar-refractivity contribution < 1.29 is 0 Å². The Morgan fingerprint density at radius 3 is 1.91 bits per heavy atom. The summed E-state index contributed by atoms with van der Waals surface area (Å²) in [6.07, 6.45) is 22.4. The minimum atomic E-state index is -0.204. The SMILES string of the molecule is C=CC1=CC=C2C(c3cc4c(c5ccccc35)-c3cc5c(cc3C4(C)C)-c3c(cc(-c4ccc6ccc7c8c(ccc4c68)=CCC7)c4ccccc34)C5(C)C)=CC=C3CC/C(=C/CC)C1C32. The monoisotopic (exact) mass is 846 g/mol. The number of allylic oxidation sites excluding steroid dienone is 11. The maximum atomic E-state index is 4.30. The Morgan fingerprint density at radius 1 is 0.561 bits per heavy atom. The second-order valence-corrected chi connectivity index (χ2v) is 21.2. The van der Waals surface area contributed by atoms with E-state index in [4.69, 9.17) is 0 Å². The molecule has 1 fully saturated rings. The predicted molar refractivity (Wildman–Crippen MR) is 282 cm³/mol. The van der Waals surface area contributed by atoms with Gasteiger partial charge in [0.25, 0.3) is 0 Å². The van der Waals surface area contributed by atoms with Gasteiger partial charge in [-0.3, -0.25) is 0 Å². The van der Waals surface area contributed by atoms with Crippen LogP contribution in [0.4, 0.5) is 0 Å². The van der Waals surface area contributed by atoms with Gasteiger partial charge in [0.15, 0.2) is 0 Å². The fraction of sp³-hybridized carbons (Fsp3) is 0.212. The normalized spacial score (nSPS) is 20.8. The van der Waals surface area contributed by atoms with Crippen LogP contribution in [0.25, 0.3) is 88.1 Å². The first-order valence-corrected chi connectivity index (χ1v) is 24.6. The first-order valence-electron chi connectivity index (χ1n) is 24.6. The smallest absolute Gasteiger partial charge is 0.0164 e. The number of hydrogen-bond donors (Lipinski definition) is 0. The number of hydrogen-bond acceptors (Lipinski definition) is 0. The van der Waals surface area contributed by atoms with Crippen LogP contribution in [0, 0.1) is 11.8 Å². The molecule has 0 radical (unpaired) electrons. The van der Waals surface area contributed by atoms with E-state index in [9.17, 15) is 0 Å². The van der Waals surface area contributed by atoms with Crippen LogP contribution >= 0.6 is 0 Å². The molecule has 0 heteroatoms. The minimum absolute atomic E-state index is 0.203. The maximum absolute atomic E-state index is 4.30. The summed E-state index contributed by atoms with van der Waals surface area (Å²) in [5.41, 5.74) is 23.8. The topological polar surface area (TPSA) is 0 Å². The highest BCUT2D eigenvalue weighted by atomic mass is 14.5. The average molecular weight is 847 g/mol. The van der Waals surface area contributed by atoms with Crippen LogP contribution in [0.5, 0.6) is 0 Å². The van der Waals surface area contributed by atoms with Crippen molar-refractivity contribution in [1.29, 1.82) is 0 Å². The standard InChI is InChI=1S/C66H54/c1-7-14-38-21-23-41-26-29-45(49-31-25-37(8-2)59(38)61(41)49)51-33-57-63(47-19-11-9-17-43(47)51)53-35-56-54(36-55(53)65(57,3)4)64-48-20-12-10-18-44(48)52(34-58(64)66(56,5)6)46-30-27-42-24-22-39-15-13-16-40-28-32-50(46)62(42)60(39)40/h8-12,14,16-20,22,24-36,59,61H,2,7,13,15,21,23H2,1,3-6H3/b38-14-. The van der Waals surface area contributed by atoms with Crippen LogP contribution in [-0.4, -0.2) is 0 Å². The molecule has 2 unspecified atom stereocenters. The van der Waals surface area contributed by atoms with Crippen LogP contribution in [0.15, 0.2) is 175 Å². The van der Waals surface area contributed by atoms with Crippen LogP contribution in [-0.2, 0) is 17.3 Å². The molecule has 0 heterocycles. The summed E-state index contributed by atoms with van der Waals surface area (Å²) in [7, 11) is 0. The van der Waals surface area contributed by atoms with Gasteiger partial charge in [0.1, 0.15) is 0 Å². The zero-order valence-corrected chi connectivity index (χ0v) is 38.8. The highest BCUT2D eigenvalue weighted by Crippen LogP contribution is 2.61. The zero-order valence-electron chi connectivity index (χ0n) is 38.8. The van der Waals surface area contributed by atoms with Crippen molar-refractivity contribution in [3.8, 4) is 33.4 Å². The van der Waals surface area contributed by atoms with E-state index < -0.39 is 0 Å². The van der Waals surface area contributed by atoms with Gasteiger partial charge in [-0.15, -0.1) is 0 Å². The molecule has 6 aliphatic carbocycles. The highest BCUT2D eigenvalue weighted by molar-refractivity contribution is 6.20. The largest absolute Gasteiger partial charge is 0.0988 e. The molecular weight excluding hydrogens is 793 g/mol. The average Bonchev–Trinajstić information content (AvgIpc) is 3.71. The van der Waals surface area contributed by atoms with Gasteiger partial charge in [0, 0.05) is 22.7 Å². The fourth-order valence-corrected chi connectivity index (χ4v) is 14.2. The molecule has 1 saturated carbocycles. The summed E-state index contributed by atoms with van der Waals surface area (Å²) in [5, 5.41) is 12.3. The molecule has 6 aliphatic rings. The predicted octanol–water partition coefficient (Wildman–Crippen LogP) is 16.8. The lowest BCUT2D eigenvalue weighted by atomic mass is 9.61. The van der Waals surface area contributed by atoms with Crippen LogP contribution < -0.4 is 5.22 Å². The van der Waals surface area contributed by atoms with Gasteiger partial charge >= 0.3 is 0 Å². The van der Waals surface area contributed by atoms with Gasteiger partial charge in [-0.2, -0.15) is 0 Å². The molecule has 318 valence electrons. The van der Waals surface area contributed by atoms with Crippen LogP contribution in [0.3, 0.4) is 0 Å². The van der Waals surface area contributed by atoms with Crippen molar-refractivity contribution in [2.45, 2.75) is 77.6 Å². The third-order valence-electron chi connectivity index (χ3n) is 17.3. The Bertz CT molecular complexity index is 3800. The Labute approximate surface area is 388 Å². The Balaban J connectivity index is 0.956. The molecule has 0 nitrogen and oxygen atoms in total. The summed E-state index contributed by atoms with van der Waals surface area (Å²) in [6, 6.07) is 43.2. The van der Waals surface area contributed by atoms with E-state index >= 15 is 0 Å². The third kappa shape index (κ3) is 4.90. The van der Waals surface area contributed by atoms with E-state index in [1.54, 1.807) is 11.1 Å². The number of rotatable bonds is 4. The van der Waals surface area contributed by atoms with Crippen molar-refractivity contribution in [1.82, 2.24) is 0 Å². The lowest BCUT2D eigenvalue weighted by Gasteiger charge is -2.43. The van der Waals surface area contributed by atoms with E-state index in [1.165, 1.54) is 132 Å². The molecule has 0 bridgehead atoms. The van der Waals surface area contributed by atoms with Crippen molar-refractivity contribution in [2.24, 2.45) is 11.8 Å². The molecule has 2 atom stereocenters. The summed E-state index contributed by atoms with van der Waals surface area (Å²) in [6.45, 7) is 16.5. The summed E-state index contributed by atoms with van der Waals surface area (Å²) in [4.78, 5) is 0. The van der Waals surface area contributed by atoms with Gasteiger partial charge in [-0.05, 0) is 188 Å². The molecule has 14 rings (SSSR count). The fourth-order valence-electron chi connectivity index (χ4n) is 14.2. The summed E-state index contributed by atoms with van der Waals surface area (Å²) >= 11 is 0. The summed E-state index contributed by atoms with van der Waals surface area (Å²) < 4.78 is 0. The van der Waals surface area contributed by atoms with Crippen LogP contribution in [0.1, 0.15) is 93.7 Å². The number of fused-ring (bicyclic) bond motifs is 10. The highest BCUT2D eigenvalue weighted by Gasteiger charge is 2.45. The van der Waals surface area contributed by atoms with Crippen molar-refractivity contribution in [3.63, 3.8) is 0 Å². The molecule has 0 amide bonds. The van der Waals surface area contributed by atoms with Crippen molar-refractivity contribution in [3.05, 3.63) is 213 Å². The Kier molecular flexibility index (Phi) is 7.83. The molecule has 0 spiro atoms. The van der Waals surface area contributed by atoms with Crippen molar-refractivity contribution in [2.75, 3.05) is 0 Å². The lowest BCUT2D eigenvalue weighted by molar-refractivity contribution is 0.483. The molecule has 0 aromatic heterocycles. The zero-order chi connectivity index (χ0) is 44.4. The van der Waals surface area contributed by atoms with Gasteiger partial charge in [-0.1, -0.05) is 180 Å². The molecule has 8 aromatic carbocycles. The van der Waals surface area contributed by atoms with Crippen LogP contribution in [0.2, 0.25) is 0 Å². The number of benzene rings is 8.